The number of rotatable bonds is 5. The van der Waals surface area contributed by atoms with Gasteiger partial charge in [0.05, 0.1) is 7.11 Å². The Kier molecular flexibility index (Phi) is 5.53. The van der Waals surface area contributed by atoms with Gasteiger partial charge in [-0.2, -0.15) is 0 Å². The molecule has 1 amide bonds. The van der Waals surface area contributed by atoms with E-state index in [0.29, 0.717) is 6.42 Å². The van der Waals surface area contributed by atoms with E-state index in [2.05, 4.69) is 16.0 Å². The van der Waals surface area contributed by atoms with Crippen LogP contribution < -0.4 is 9.64 Å². The molecule has 0 spiro atoms. The molecule has 0 aliphatic carbocycles. The van der Waals surface area contributed by atoms with Crippen molar-refractivity contribution in [3.8, 4) is 5.75 Å². The molecule has 5 heteroatoms. The number of aromatic nitrogens is 1. The highest BCUT2D eigenvalue weighted by molar-refractivity contribution is 5.76. The highest BCUT2D eigenvalue weighted by Crippen LogP contribution is 2.17. The number of anilines is 1. The van der Waals surface area contributed by atoms with E-state index in [9.17, 15) is 4.79 Å². The van der Waals surface area contributed by atoms with Crippen LogP contribution in [-0.2, 0) is 11.2 Å². The molecule has 0 atom stereocenters. The van der Waals surface area contributed by atoms with E-state index in [1.165, 1.54) is 11.3 Å². The Balaban J connectivity index is 1.48. The highest BCUT2D eigenvalue weighted by atomic mass is 16.5. The minimum absolute atomic E-state index is 0.237. The van der Waals surface area contributed by atoms with Gasteiger partial charge in [0.15, 0.2) is 0 Å². The maximum Gasteiger partial charge on any atom is 0.223 e. The van der Waals surface area contributed by atoms with Gasteiger partial charge in [0.1, 0.15) is 5.75 Å². The van der Waals surface area contributed by atoms with Crippen molar-refractivity contribution in [2.24, 2.45) is 0 Å². The molecule has 0 radical (unpaired) electrons. The molecular formula is C20H25N3O2. The fourth-order valence-corrected chi connectivity index (χ4v) is 3.14. The molecule has 1 aliphatic rings. The normalized spacial score (nSPS) is 14.5. The molecule has 1 fully saturated rings. The van der Waals surface area contributed by atoms with Crippen LogP contribution in [0.3, 0.4) is 0 Å². The van der Waals surface area contributed by atoms with E-state index < -0.39 is 0 Å². The lowest BCUT2D eigenvalue weighted by molar-refractivity contribution is -0.131. The van der Waals surface area contributed by atoms with Crippen molar-refractivity contribution in [3.05, 3.63) is 53.9 Å². The van der Waals surface area contributed by atoms with Crippen LogP contribution in [0.2, 0.25) is 0 Å². The molecule has 3 rings (SSSR count). The lowest BCUT2D eigenvalue weighted by Crippen LogP contribution is -2.48. The summed E-state index contributed by atoms with van der Waals surface area (Å²) in [5.41, 5.74) is 3.38. The minimum atomic E-state index is 0.237. The SMILES string of the molecule is COc1ccc(CCC(=O)N2CCN(c3ccnc(C)c3)CC2)cc1. The fraction of sp³-hybridized carbons (Fsp3) is 0.400. The summed E-state index contributed by atoms with van der Waals surface area (Å²) in [6, 6.07) is 12.1. The van der Waals surface area contributed by atoms with Crippen molar-refractivity contribution in [3.63, 3.8) is 0 Å². The molecule has 0 N–H and O–H groups in total. The average molecular weight is 339 g/mol. The Morgan fingerprint density at radius 3 is 2.48 bits per heavy atom. The molecule has 1 aromatic carbocycles. The summed E-state index contributed by atoms with van der Waals surface area (Å²) >= 11 is 0. The van der Waals surface area contributed by atoms with E-state index in [0.717, 1.165) is 44.0 Å². The quantitative estimate of drug-likeness (QED) is 0.840. The van der Waals surface area contributed by atoms with E-state index in [4.69, 9.17) is 4.74 Å². The zero-order valence-electron chi connectivity index (χ0n) is 14.9. The predicted octanol–water partition coefficient (Wildman–Crippen LogP) is 2.68. The molecule has 2 heterocycles. The summed E-state index contributed by atoms with van der Waals surface area (Å²) in [5, 5.41) is 0. The second-order valence-electron chi connectivity index (χ2n) is 6.37. The van der Waals surface area contributed by atoms with E-state index in [1.807, 2.05) is 48.4 Å². The van der Waals surface area contributed by atoms with Crippen molar-refractivity contribution in [1.82, 2.24) is 9.88 Å². The van der Waals surface area contributed by atoms with Crippen molar-refractivity contribution < 1.29 is 9.53 Å². The number of hydrogen-bond donors (Lipinski definition) is 0. The van der Waals surface area contributed by atoms with Crippen molar-refractivity contribution >= 4 is 11.6 Å². The van der Waals surface area contributed by atoms with E-state index in [-0.39, 0.29) is 5.91 Å². The molecule has 132 valence electrons. The maximum absolute atomic E-state index is 12.5. The molecule has 25 heavy (non-hydrogen) atoms. The van der Waals surface area contributed by atoms with Gasteiger partial charge in [-0.15, -0.1) is 0 Å². The van der Waals surface area contributed by atoms with E-state index >= 15 is 0 Å². The Hall–Kier alpha value is -2.56. The Bertz CT molecular complexity index is 707. The first-order valence-electron chi connectivity index (χ1n) is 8.74. The first kappa shape index (κ1) is 17.3. The summed E-state index contributed by atoms with van der Waals surface area (Å²) in [6.07, 6.45) is 3.17. The lowest BCUT2D eigenvalue weighted by Gasteiger charge is -2.36. The smallest absolute Gasteiger partial charge is 0.223 e. The fourth-order valence-electron chi connectivity index (χ4n) is 3.14. The predicted molar refractivity (Wildman–Crippen MR) is 99.1 cm³/mol. The lowest BCUT2D eigenvalue weighted by atomic mass is 10.1. The van der Waals surface area contributed by atoms with Crippen LogP contribution >= 0.6 is 0 Å². The summed E-state index contributed by atoms with van der Waals surface area (Å²) in [5.74, 6) is 1.08. The highest BCUT2D eigenvalue weighted by Gasteiger charge is 2.21. The van der Waals surface area contributed by atoms with Crippen molar-refractivity contribution in [1.29, 1.82) is 0 Å². The first-order chi connectivity index (χ1) is 12.2. The number of benzene rings is 1. The zero-order valence-corrected chi connectivity index (χ0v) is 14.9. The first-order valence-corrected chi connectivity index (χ1v) is 8.74. The van der Waals surface area contributed by atoms with E-state index in [1.54, 1.807) is 7.11 Å². The molecule has 0 unspecified atom stereocenters. The Morgan fingerprint density at radius 2 is 1.84 bits per heavy atom. The zero-order chi connectivity index (χ0) is 17.6. The second kappa shape index (κ2) is 8.01. The van der Waals surface area contributed by atoms with Gasteiger partial charge in [0.25, 0.3) is 0 Å². The molecule has 1 aliphatic heterocycles. The number of methoxy groups -OCH3 is 1. The van der Waals surface area contributed by atoms with Crippen molar-refractivity contribution in [2.45, 2.75) is 19.8 Å². The summed E-state index contributed by atoms with van der Waals surface area (Å²) in [6.45, 7) is 5.31. The number of amides is 1. The molecule has 1 saturated heterocycles. The largest absolute Gasteiger partial charge is 0.497 e. The van der Waals surface area contributed by atoms with Crippen molar-refractivity contribution in [2.75, 3.05) is 38.2 Å². The molecule has 5 nitrogen and oxygen atoms in total. The van der Waals surface area contributed by atoms with Gasteiger partial charge >= 0.3 is 0 Å². The number of nitrogens with zero attached hydrogens (tertiary/aromatic N) is 3. The number of piperazine rings is 1. The minimum Gasteiger partial charge on any atom is -0.497 e. The Labute approximate surface area is 149 Å². The van der Waals surface area contributed by atoms with Gasteiger partial charge in [0, 0.05) is 50.2 Å². The van der Waals surface area contributed by atoms with Gasteiger partial charge in [-0.1, -0.05) is 12.1 Å². The molecular weight excluding hydrogens is 314 g/mol. The van der Waals surface area contributed by atoms with Crippen LogP contribution in [0.1, 0.15) is 17.7 Å². The number of pyridine rings is 1. The summed E-state index contributed by atoms with van der Waals surface area (Å²) in [4.78, 5) is 21.0. The van der Waals surface area contributed by atoms with Crippen LogP contribution in [0.5, 0.6) is 5.75 Å². The molecule has 2 aromatic rings. The summed E-state index contributed by atoms with van der Waals surface area (Å²) < 4.78 is 5.16. The molecule has 0 saturated carbocycles. The van der Waals surface area contributed by atoms with Crippen LogP contribution in [0.25, 0.3) is 0 Å². The number of ether oxygens (including phenoxy) is 1. The number of carbonyl (C=O) groups excluding carboxylic acids is 1. The van der Waals surface area contributed by atoms with Crippen LogP contribution in [0, 0.1) is 6.92 Å². The van der Waals surface area contributed by atoms with Crippen LogP contribution in [0.15, 0.2) is 42.6 Å². The van der Waals surface area contributed by atoms with Gasteiger partial charge in [-0.3, -0.25) is 9.78 Å². The summed E-state index contributed by atoms with van der Waals surface area (Å²) in [7, 11) is 1.66. The topological polar surface area (TPSA) is 45.7 Å². The molecule has 1 aromatic heterocycles. The Morgan fingerprint density at radius 1 is 1.12 bits per heavy atom. The van der Waals surface area contributed by atoms with Crippen LogP contribution in [-0.4, -0.2) is 49.1 Å². The monoisotopic (exact) mass is 339 g/mol. The second-order valence-corrected chi connectivity index (χ2v) is 6.37. The van der Waals surface area contributed by atoms with Gasteiger partial charge in [-0.05, 0) is 43.2 Å². The number of hydrogen-bond acceptors (Lipinski definition) is 4. The standard InChI is InChI=1S/C20H25N3O2/c1-16-15-18(9-10-21-16)22-11-13-23(14-12-22)20(24)8-5-17-3-6-19(25-2)7-4-17/h3-4,6-7,9-10,15H,5,8,11-14H2,1-2H3. The maximum atomic E-state index is 12.5. The third-order valence-corrected chi connectivity index (χ3v) is 4.66. The third kappa shape index (κ3) is 4.50. The third-order valence-electron chi connectivity index (χ3n) is 4.66. The molecule has 0 bridgehead atoms. The number of carbonyl (C=O) groups is 1. The average Bonchev–Trinajstić information content (AvgIpc) is 2.66. The van der Waals surface area contributed by atoms with Gasteiger partial charge in [-0.25, -0.2) is 0 Å². The van der Waals surface area contributed by atoms with Gasteiger partial charge < -0.3 is 14.5 Å². The van der Waals surface area contributed by atoms with Crippen LogP contribution in [0.4, 0.5) is 5.69 Å². The number of aryl methyl sites for hydroxylation is 2. The van der Waals surface area contributed by atoms with Gasteiger partial charge in [0.2, 0.25) is 5.91 Å².